The highest BCUT2D eigenvalue weighted by Crippen LogP contribution is 2.43. The van der Waals surface area contributed by atoms with Gasteiger partial charge in [-0.15, -0.1) is 11.8 Å². The first-order valence-electron chi connectivity index (χ1n) is 9.30. The molecule has 1 N–H and O–H groups in total. The van der Waals surface area contributed by atoms with Gasteiger partial charge in [-0.3, -0.25) is 4.79 Å². The molecule has 1 aliphatic heterocycles. The fraction of sp³-hybridized carbons (Fsp3) is 0.650. The van der Waals surface area contributed by atoms with E-state index in [1.54, 1.807) is 18.9 Å². The first-order chi connectivity index (χ1) is 12.4. The van der Waals surface area contributed by atoms with Crippen molar-refractivity contribution in [3.05, 3.63) is 23.8 Å². The standard InChI is InChI=1S/C20H29NO4S/c1-20(2,13-22)12-21-18(23)11-26-19(21)14-8-9-16(24-3)17(10-14)25-15-6-4-5-7-15/h8-10,15,19,22H,4-7,11-13H2,1-3H3. The van der Waals surface area contributed by atoms with Crippen LogP contribution >= 0.6 is 11.8 Å². The average Bonchev–Trinajstić information content (AvgIpc) is 3.25. The molecule has 1 unspecified atom stereocenters. The van der Waals surface area contributed by atoms with Crippen LogP contribution in [0.25, 0.3) is 0 Å². The van der Waals surface area contributed by atoms with E-state index < -0.39 is 0 Å². The lowest BCUT2D eigenvalue weighted by Gasteiger charge is -2.32. The van der Waals surface area contributed by atoms with Crippen LogP contribution in [0, 0.1) is 5.41 Å². The third-order valence-electron chi connectivity index (χ3n) is 5.06. The molecule has 0 spiro atoms. The zero-order valence-electron chi connectivity index (χ0n) is 15.9. The van der Waals surface area contributed by atoms with Gasteiger partial charge in [0.25, 0.3) is 0 Å². The van der Waals surface area contributed by atoms with Gasteiger partial charge in [0.1, 0.15) is 5.37 Å². The van der Waals surface area contributed by atoms with E-state index in [1.165, 1.54) is 12.8 Å². The van der Waals surface area contributed by atoms with Crippen LogP contribution in [0.5, 0.6) is 11.5 Å². The second-order valence-electron chi connectivity index (χ2n) is 7.94. The minimum atomic E-state index is -0.325. The fourth-order valence-corrected chi connectivity index (χ4v) is 4.71. The first-order valence-corrected chi connectivity index (χ1v) is 10.3. The van der Waals surface area contributed by atoms with Crippen molar-refractivity contribution < 1.29 is 19.4 Å². The summed E-state index contributed by atoms with van der Waals surface area (Å²) in [6.07, 6.45) is 4.84. The molecule has 144 valence electrons. The zero-order chi connectivity index (χ0) is 18.7. The third kappa shape index (κ3) is 4.29. The van der Waals surface area contributed by atoms with E-state index >= 15 is 0 Å². The van der Waals surface area contributed by atoms with Crippen molar-refractivity contribution in [2.24, 2.45) is 5.41 Å². The lowest BCUT2D eigenvalue weighted by molar-refractivity contribution is -0.129. The van der Waals surface area contributed by atoms with Gasteiger partial charge in [0, 0.05) is 18.6 Å². The van der Waals surface area contributed by atoms with Crippen molar-refractivity contribution in [1.29, 1.82) is 0 Å². The van der Waals surface area contributed by atoms with Crippen molar-refractivity contribution in [2.75, 3.05) is 26.0 Å². The predicted octanol–water partition coefficient (Wildman–Crippen LogP) is 3.61. The quantitative estimate of drug-likeness (QED) is 0.784. The van der Waals surface area contributed by atoms with Crippen molar-refractivity contribution in [3.8, 4) is 11.5 Å². The van der Waals surface area contributed by atoms with Gasteiger partial charge in [-0.1, -0.05) is 19.9 Å². The number of methoxy groups -OCH3 is 1. The summed E-state index contributed by atoms with van der Waals surface area (Å²) >= 11 is 1.63. The SMILES string of the molecule is COc1ccc(C2SCC(=O)N2CC(C)(C)CO)cc1OC1CCCC1. The molecule has 1 saturated carbocycles. The maximum Gasteiger partial charge on any atom is 0.233 e. The van der Waals surface area contributed by atoms with E-state index in [0.717, 1.165) is 29.9 Å². The van der Waals surface area contributed by atoms with Gasteiger partial charge in [-0.25, -0.2) is 0 Å². The Morgan fingerprint density at radius 2 is 2.00 bits per heavy atom. The van der Waals surface area contributed by atoms with Crippen LogP contribution in [-0.2, 0) is 4.79 Å². The number of amides is 1. The van der Waals surface area contributed by atoms with E-state index in [1.807, 2.05) is 36.9 Å². The number of thioether (sulfide) groups is 1. The number of carbonyl (C=O) groups excluding carboxylic acids is 1. The van der Waals surface area contributed by atoms with Crippen LogP contribution in [0.1, 0.15) is 50.5 Å². The molecule has 2 fully saturated rings. The molecule has 0 radical (unpaired) electrons. The summed E-state index contributed by atoms with van der Waals surface area (Å²) in [6, 6.07) is 5.96. The molecule has 5 nitrogen and oxygen atoms in total. The second-order valence-corrected chi connectivity index (χ2v) is 9.01. The van der Waals surface area contributed by atoms with E-state index in [-0.39, 0.29) is 29.4 Å². The Balaban J connectivity index is 1.83. The van der Waals surface area contributed by atoms with Crippen molar-refractivity contribution >= 4 is 17.7 Å². The van der Waals surface area contributed by atoms with Gasteiger partial charge >= 0.3 is 0 Å². The Bertz CT molecular complexity index is 643. The van der Waals surface area contributed by atoms with E-state index in [4.69, 9.17) is 9.47 Å². The van der Waals surface area contributed by atoms with E-state index in [9.17, 15) is 9.90 Å². The molecule has 1 amide bonds. The Labute approximate surface area is 160 Å². The van der Waals surface area contributed by atoms with Gasteiger partial charge < -0.3 is 19.5 Å². The van der Waals surface area contributed by atoms with Crippen molar-refractivity contribution in [3.63, 3.8) is 0 Å². The number of aliphatic hydroxyl groups is 1. The van der Waals surface area contributed by atoms with Gasteiger partial charge in [-0.2, -0.15) is 0 Å². The molecular formula is C20H29NO4S. The highest BCUT2D eigenvalue weighted by Gasteiger charge is 2.36. The lowest BCUT2D eigenvalue weighted by Crippen LogP contribution is -2.38. The van der Waals surface area contributed by atoms with Crippen LogP contribution in [0.3, 0.4) is 0 Å². The Morgan fingerprint density at radius 1 is 1.27 bits per heavy atom. The van der Waals surface area contributed by atoms with E-state index in [0.29, 0.717) is 12.3 Å². The molecule has 0 aromatic heterocycles. The second kappa shape index (κ2) is 8.09. The van der Waals surface area contributed by atoms with Crippen molar-refractivity contribution in [1.82, 2.24) is 4.90 Å². The van der Waals surface area contributed by atoms with Gasteiger partial charge in [0.2, 0.25) is 5.91 Å². The Kier molecular flexibility index (Phi) is 6.03. The van der Waals surface area contributed by atoms with Gasteiger partial charge in [0.15, 0.2) is 11.5 Å². The van der Waals surface area contributed by atoms with Crippen LogP contribution in [0.4, 0.5) is 0 Å². The average molecular weight is 380 g/mol. The highest BCUT2D eigenvalue weighted by molar-refractivity contribution is 8.00. The first kappa shape index (κ1) is 19.4. The third-order valence-corrected chi connectivity index (χ3v) is 6.32. The predicted molar refractivity (Wildman–Crippen MR) is 104 cm³/mol. The van der Waals surface area contributed by atoms with Crippen LogP contribution in [0.2, 0.25) is 0 Å². The molecule has 2 aliphatic rings. The summed E-state index contributed by atoms with van der Waals surface area (Å²) in [4.78, 5) is 14.3. The van der Waals surface area contributed by atoms with E-state index in [2.05, 4.69) is 0 Å². The van der Waals surface area contributed by atoms with Gasteiger partial charge in [-0.05, 0) is 43.4 Å². The number of nitrogens with zero attached hydrogens (tertiary/aromatic N) is 1. The van der Waals surface area contributed by atoms with Crippen LogP contribution in [-0.4, -0.2) is 48.0 Å². The van der Waals surface area contributed by atoms with Crippen LogP contribution in [0.15, 0.2) is 18.2 Å². The summed E-state index contributed by atoms with van der Waals surface area (Å²) in [6.45, 7) is 4.53. The number of benzene rings is 1. The molecule has 1 atom stereocenters. The molecule has 1 aromatic carbocycles. The molecule has 26 heavy (non-hydrogen) atoms. The largest absolute Gasteiger partial charge is 0.493 e. The van der Waals surface area contributed by atoms with Gasteiger partial charge in [0.05, 0.1) is 19.0 Å². The number of carbonyl (C=O) groups is 1. The molecule has 1 aromatic rings. The summed E-state index contributed by atoms with van der Waals surface area (Å²) in [7, 11) is 1.65. The molecule has 3 rings (SSSR count). The molecule has 1 saturated heterocycles. The minimum absolute atomic E-state index is 0.0484. The normalized spacial score (nSPS) is 21.5. The summed E-state index contributed by atoms with van der Waals surface area (Å²) < 4.78 is 11.7. The summed E-state index contributed by atoms with van der Waals surface area (Å²) in [5, 5.41) is 9.54. The Morgan fingerprint density at radius 3 is 2.65 bits per heavy atom. The smallest absolute Gasteiger partial charge is 0.233 e. The molecule has 0 bridgehead atoms. The number of ether oxygens (including phenoxy) is 2. The van der Waals surface area contributed by atoms with Crippen LogP contribution < -0.4 is 9.47 Å². The zero-order valence-corrected chi connectivity index (χ0v) is 16.7. The number of rotatable bonds is 7. The minimum Gasteiger partial charge on any atom is -0.493 e. The number of aliphatic hydroxyl groups excluding tert-OH is 1. The number of hydrogen-bond donors (Lipinski definition) is 1. The molecule has 1 heterocycles. The molecule has 1 aliphatic carbocycles. The van der Waals surface area contributed by atoms with Crippen molar-refractivity contribution in [2.45, 2.75) is 51.0 Å². The summed E-state index contributed by atoms with van der Waals surface area (Å²) in [5.74, 6) is 2.09. The highest BCUT2D eigenvalue weighted by atomic mass is 32.2. The monoisotopic (exact) mass is 379 g/mol. The Hall–Kier alpha value is -1.40. The summed E-state index contributed by atoms with van der Waals surface area (Å²) in [5.41, 5.74) is 0.720. The molecular weight excluding hydrogens is 350 g/mol. The number of hydrogen-bond acceptors (Lipinski definition) is 5. The molecule has 6 heteroatoms. The fourth-order valence-electron chi connectivity index (χ4n) is 3.54. The maximum atomic E-state index is 12.4. The lowest BCUT2D eigenvalue weighted by atomic mass is 9.94. The topological polar surface area (TPSA) is 59.0 Å². The maximum absolute atomic E-state index is 12.4.